The van der Waals surface area contributed by atoms with Crippen molar-refractivity contribution < 1.29 is 28.2 Å². The van der Waals surface area contributed by atoms with Gasteiger partial charge in [0, 0.05) is 6.07 Å². The van der Waals surface area contributed by atoms with Gasteiger partial charge in [0.05, 0.1) is 6.61 Å². The minimum absolute atomic E-state index is 0.236. The SMILES string of the molecule is O=C(O)C(CO)Nc1nc(C(F)(F)F)cc(=O)[nH]1. The molecule has 1 unspecified atom stereocenters. The molecule has 0 spiro atoms. The number of anilines is 1. The van der Waals surface area contributed by atoms with Crippen LogP contribution in [0.2, 0.25) is 0 Å². The Morgan fingerprint density at radius 2 is 2.17 bits per heavy atom. The lowest BCUT2D eigenvalue weighted by atomic mass is 10.3. The van der Waals surface area contributed by atoms with Gasteiger partial charge in [0.25, 0.3) is 5.56 Å². The highest BCUT2D eigenvalue weighted by molar-refractivity contribution is 5.76. The van der Waals surface area contributed by atoms with Gasteiger partial charge in [-0.05, 0) is 0 Å². The summed E-state index contributed by atoms with van der Waals surface area (Å²) in [6.07, 6.45) is -4.83. The molecule has 1 rings (SSSR count). The number of nitrogens with zero attached hydrogens (tertiary/aromatic N) is 1. The van der Waals surface area contributed by atoms with Crippen LogP contribution in [0, 0.1) is 0 Å². The number of aliphatic hydroxyl groups excluding tert-OH is 1. The topological polar surface area (TPSA) is 115 Å². The van der Waals surface area contributed by atoms with Gasteiger partial charge in [0.15, 0.2) is 5.69 Å². The van der Waals surface area contributed by atoms with Gasteiger partial charge < -0.3 is 15.5 Å². The Labute approximate surface area is 97.3 Å². The highest BCUT2D eigenvalue weighted by atomic mass is 19.4. The van der Waals surface area contributed by atoms with Gasteiger partial charge in [0.2, 0.25) is 5.95 Å². The van der Waals surface area contributed by atoms with Crippen LogP contribution in [0.3, 0.4) is 0 Å². The Morgan fingerprint density at radius 1 is 1.56 bits per heavy atom. The zero-order chi connectivity index (χ0) is 13.9. The molecule has 1 heterocycles. The van der Waals surface area contributed by atoms with E-state index >= 15 is 0 Å². The van der Waals surface area contributed by atoms with Crippen LogP contribution >= 0.6 is 0 Å². The van der Waals surface area contributed by atoms with Gasteiger partial charge in [-0.1, -0.05) is 0 Å². The summed E-state index contributed by atoms with van der Waals surface area (Å²) in [6.45, 7) is -0.880. The molecule has 0 fully saturated rings. The minimum Gasteiger partial charge on any atom is -0.480 e. The van der Waals surface area contributed by atoms with Crippen molar-refractivity contribution in [2.45, 2.75) is 12.2 Å². The molecule has 0 aromatic carbocycles. The summed E-state index contributed by atoms with van der Waals surface area (Å²) in [7, 11) is 0. The van der Waals surface area contributed by atoms with E-state index in [4.69, 9.17) is 10.2 Å². The molecular formula is C8H8F3N3O4. The van der Waals surface area contributed by atoms with Crippen LogP contribution < -0.4 is 10.9 Å². The molecule has 7 nitrogen and oxygen atoms in total. The third kappa shape index (κ3) is 3.45. The van der Waals surface area contributed by atoms with E-state index in [-0.39, 0.29) is 6.07 Å². The van der Waals surface area contributed by atoms with Gasteiger partial charge in [-0.2, -0.15) is 13.2 Å². The summed E-state index contributed by atoms with van der Waals surface area (Å²) < 4.78 is 37.0. The predicted octanol–water partition coefficient (Wildman–Crippen LogP) is -0.354. The Kier molecular flexibility index (Phi) is 3.91. The molecule has 0 aliphatic carbocycles. The minimum atomic E-state index is -4.83. The maximum Gasteiger partial charge on any atom is 0.433 e. The van der Waals surface area contributed by atoms with E-state index in [9.17, 15) is 22.8 Å². The van der Waals surface area contributed by atoms with Gasteiger partial charge in [-0.3, -0.25) is 9.78 Å². The van der Waals surface area contributed by atoms with E-state index < -0.39 is 42.0 Å². The summed E-state index contributed by atoms with van der Waals surface area (Å²) in [6, 6.07) is -1.34. The highest BCUT2D eigenvalue weighted by Crippen LogP contribution is 2.26. The zero-order valence-corrected chi connectivity index (χ0v) is 8.65. The third-order valence-corrected chi connectivity index (χ3v) is 1.82. The maximum absolute atomic E-state index is 12.3. The number of nitrogens with one attached hydrogen (secondary N) is 2. The van der Waals surface area contributed by atoms with Crippen LogP contribution in [0.1, 0.15) is 5.69 Å². The second kappa shape index (κ2) is 5.04. The fourth-order valence-corrected chi connectivity index (χ4v) is 1.02. The number of carboxylic acids is 1. The molecule has 100 valence electrons. The Morgan fingerprint density at radius 3 is 2.61 bits per heavy atom. The van der Waals surface area contributed by atoms with Crippen molar-refractivity contribution in [1.82, 2.24) is 9.97 Å². The molecule has 18 heavy (non-hydrogen) atoms. The average molecular weight is 267 g/mol. The van der Waals surface area contributed by atoms with Crippen molar-refractivity contribution >= 4 is 11.9 Å². The summed E-state index contributed by atoms with van der Waals surface area (Å²) in [5, 5.41) is 19.2. The molecule has 4 N–H and O–H groups in total. The molecule has 10 heteroatoms. The van der Waals surface area contributed by atoms with E-state index in [0.717, 1.165) is 0 Å². The summed E-state index contributed by atoms with van der Waals surface area (Å²) >= 11 is 0. The number of aliphatic hydroxyl groups is 1. The van der Waals surface area contributed by atoms with Gasteiger partial charge >= 0.3 is 12.1 Å². The molecule has 0 aliphatic heterocycles. The maximum atomic E-state index is 12.3. The number of rotatable bonds is 4. The second-order valence-corrected chi connectivity index (χ2v) is 3.19. The van der Waals surface area contributed by atoms with Crippen LogP contribution in [-0.4, -0.2) is 38.8 Å². The average Bonchev–Trinajstić information content (AvgIpc) is 2.23. The van der Waals surface area contributed by atoms with E-state index in [2.05, 4.69) is 4.98 Å². The van der Waals surface area contributed by atoms with Gasteiger partial charge in [0.1, 0.15) is 6.04 Å². The quantitative estimate of drug-likeness (QED) is 0.592. The van der Waals surface area contributed by atoms with Crippen LogP contribution in [0.5, 0.6) is 0 Å². The van der Waals surface area contributed by atoms with Crippen LogP contribution in [-0.2, 0) is 11.0 Å². The third-order valence-electron chi connectivity index (χ3n) is 1.82. The van der Waals surface area contributed by atoms with E-state index in [1.807, 2.05) is 10.3 Å². The first-order valence-electron chi connectivity index (χ1n) is 4.53. The van der Waals surface area contributed by atoms with E-state index in [1.165, 1.54) is 0 Å². The zero-order valence-electron chi connectivity index (χ0n) is 8.65. The fraction of sp³-hybridized carbons (Fsp3) is 0.375. The molecular weight excluding hydrogens is 259 g/mol. The standard InChI is InChI=1S/C8H8F3N3O4/c9-8(10,11)4-1-5(16)14-7(13-4)12-3(2-15)6(17)18/h1,3,15H,2H2,(H,17,18)(H2,12,13,14,16). The molecule has 0 amide bonds. The lowest BCUT2D eigenvalue weighted by Gasteiger charge is -2.13. The molecule has 1 aromatic heterocycles. The second-order valence-electron chi connectivity index (χ2n) is 3.19. The van der Waals surface area contributed by atoms with Crippen LogP contribution in [0.15, 0.2) is 10.9 Å². The molecule has 0 aliphatic rings. The van der Waals surface area contributed by atoms with Crippen molar-refractivity contribution in [3.8, 4) is 0 Å². The Hall–Kier alpha value is -2.10. The van der Waals surface area contributed by atoms with Gasteiger partial charge in [-0.15, -0.1) is 0 Å². The Bertz CT molecular complexity index is 499. The number of hydrogen-bond acceptors (Lipinski definition) is 5. The molecule has 0 radical (unpaired) electrons. The normalized spacial score (nSPS) is 13.1. The first-order chi connectivity index (χ1) is 8.24. The van der Waals surface area contributed by atoms with Crippen LogP contribution in [0.25, 0.3) is 0 Å². The summed E-state index contributed by atoms with van der Waals surface area (Å²) in [5.74, 6) is -2.19. The number of H-pyrrole nitrogens is 1. The molecule has 0 saturated heterocycles. The van der Waals surface area contributed by atoms with E-state index in [0.29, 0.717) is 0 Å². The van der Waals surface area contributed by atoms with Crippen molar-refractivity contribution in [1.29, 1.82) is 0 Å². The largest absolute Gasteiger partial charge is 0.480 e. The van der Waals surface area contributed by atoms with Crippen molar-refractivity contribution in [3.05, 3.63) is 22.1 Å². The number of carbonyl (C=O) groups is 1. The summed E-state index contributed by atoms with van der Waals surface area (Å²) in [5.41, 5.74) is -2.56. The first kappa shape index (κ1) is 14.0. The monoisotopic (exact) mass is 267 g/mol. The molecule has 0 saturated carbocycles. The fourth-order valence-electron chi connectivity index (χ4n) is 1.02. The predicted molar refractivity (Wildman–Crippen MR) is 52.0 cm³/mol. The van der Waals surface area contributed by atoms with Gasteiger partial charge in [-0.25, -0.2) is 9.78 Å². The number of aromatic nitrogens is 2. The Balaban J connectivity index is 3.07. The first-order valence-corrected chi connectivity index (χ1v) is 4.53. The lowest BCUT2D eigenvalue weighted by molar-refractivity contribution is -0.141. The van der Waals surface area contributed by atoms with Crippen molar-refractivity contribution in [3.63, 3.8) is 0 Å². The number of aliphatic carboxylic acids is 1. The lowest BCUT2D eigenvalue weighted by Crippen LogP contribution is -2.34. The number of alkyl halides is 3. The van der Waals surface area contributed by atoms with Crippen molar-refractivity contribution in [2.75, 3.05) is 11.9 Å². The number of hydrogen-bond donors (Lipinski definition) is 4. The number of halogens is 3. The number of aromatic amines is 1. The van der Waals surface area contributed by atoms with E-state index in [1.54, 1.807) is 0 Å². The number of carboxylic acid groups (broad SMARTS) is 1. The smallest absolute Gasteiger partial charge is 0.433 e. The highest BCUT2D eigenvalue weighted by Gasteiger charge is 2.33. The summed E-state index contributed by atoms with van der Waals surface area (Å²) in [4.78, 5) is 26.4. The molecule has 1 aromatic rings. The molecule has 0 bridgehead atoms. The van der Waals surface area contributed by atoms with Crippen LogP contribution in [0.4, 0.5) is 19.1 Å². The van der Waals surface area contributed by atoms with Crippen molar-refractivity contribution in [2.24, 2.45) is 0 Å². The molecule has 1 atom stereocenters.